The predicted octanol–water partition coefficient (Wildman–Crippen LogP) is 2.14. The Hall–Kier alpha value is -2.89. The number of aromatic nitrogens is 3. The zero-order valence-corrected chi connectivity index (χ0v) is 21.2. The molecule has 0 atom stereocenters. The summed E-state index contributed by atoms with van der Waals surface area (Å²) in [7, 11) is 0. The summed E-state index contributed by atoms with van der Waals surface area (Å²) in [6, 6.07) is 16.1. The number of carbonyl (C=O) groups is 1. The molecule has 0 radical (unpaired) electrons. The lowest BCUT2D eigenvalue weighted by Crippen LogP contribution is -2.49. The molecule has 0 spiro atoms. The third-order valence-electron chi connectivity index (χ3n) is 5.49. The maximum absolute atomic E-state index is 12.7. The van der Waals surface area contributed by atoms with Gasteiger partial charge in [-0.15, -0.1) is 34.2 Å². The molecular weight excluding hydrogens is 531 g/mol. The molecule has 10 heteroatoms. The molecule has 1 aliphatic rings. The van der Waals surface area contributed by atoms with Crippen molar-refractivity contribution in [2.45, 2.75) is 19.9 Å². The first-order chi connectivity index (χ1) is 15.7. The van der Waals surface area contributed by atoms with E-state index in [4.69, 9.17) is 0 Å². The van der Waals surface area contributed by atoms with E-state index in [1.54, 1.807) is 0 Å². The Morgan fingerprint density at radius 3 is 2.52 bits per heavy atom. The number of amides is 1. The van der Waals surface area contributed by atoms with Crippen molar-refractivity contribution in [2.75, 3.05) is 44.2 Å². The standard InChI is InChI=1S/C23H30N8O.HI/c1-2-24-23(26-18-21-28-27-20-10-6-7-13-31(20)21)25-12-11-22(32)30-16-14-29(15-17-30)19-8-4-3-5-9-19;/h3-10,13H,2,11-12,14-18H2,1H3,(H2,24,25,26);1H. The second-order valence-electron chi connectivity index (χ2n) is 7.62. The number of anilines is 1. The van der Waals surface area contributed by atoms with Gasteiger partial charge in [0.15, 0.2) is 17.4 Å². The number of halogens is 1. The summed E-state index contributed by atoms with van der Waals surface area (Å²) in [5, 5.41) is 14.8. The Kier molecular flexibility index (Phi) is 9.28. The van der Waals surface area contributed by atoms with E-state index >= 15 is 0 Å². The molecule has 1 aromatic carbocycles. The summed E-state index contributed by atoms with van der Waals surface area (Å²) in [4.78, 5) is 21.5. The first-order valence-corrected chi connectivity index (χ1v) is 11.1. The van der Waals surface area contributed by atoms with Gasteiger partial charge in [-0.05, 0) is 31.2 Å². The lowest BCUT2D eigenvalue weighted by Gasteiger charge is -2.36. The maximum Gasteiger partial charge on any atom is 0.224 e. The first-order valence-electron chi connectivity index (χ1n) is 11.1. The van der Waals surface area contributed by atoms with Gasteiger partial charge in [0.05, 0.1) is 0 Å². The number of guanidine groups is 1. The summed E-state index contributed by atoms with van der Waals surface area (Å²) in [5.74, 6) is 1.61. The van der Waals surface area contributed by atoms with E-state index in [9.17, 15) is 4.79 Å². The normalized spacial score (nSPS) is 14.2. The fraction of sp³-hybridized carbons (Fsp3) is 0.391. The summed E-state index contributed by atoms with van der Waals surface area (Å²) >= 11 is 0. The highest BCUT2D eigenvalue weighted by atomic mass is 127. The quantitative estimate of drug-likeness (QED) is 0.261. The minimum absolute atomic E-state index is 0. The van der Waals surface area contributed by atoms with Crippen LogP contribution in [0.2, 0.25) is 0 Å². The number of piperazine rings is 1. The first kappa shape index (κ1) is 24.7. The molecule has 1 aliphatic heterocycles. The van der Waals surface area contributed by atoms with Gasteiger partial charge in [0, 0.05) is 57.6 Å². The van der Waals surface area contributed by atoms with Crippen molar-refractivity contribution in [1.29, 1.82) is 0 Å². The number of hydrogen-bond donors (Lipinski definition) is 2. The van der Waals surface area contributed by atoms with E-state index in [2.05, 4.69) is 42.9 Å². The molecule has 0 saturated carbocycles. The molecule has 176 valence electrons. The van der Waals surface area contributed by atoms with E-state index < -0.39 is 0 Å². The van der Waals surface area contributed by atoms with Crippen LogP contribution in [0.25, 0.3) is 5.65 Å². The van der Waals surface area contributed by atoms with Crippen LogP contribution in [0.4, 0.5) is 5.69 Å². The molecule has 2 N–H and O–H groups in total. The van der Waals surface area contributed by atoms with Crippen molar-refractivity contribution in [3.05, 3.63) is 60.6 Å². The number of pyridine rings is 1. The van der Waals surface area contributed by atoms with Crippen molar-refractivity contribution in [1.82, 2.24) is 30.1 Å². The lowest BCUT2D eigenvalue weighted by molar-refractivity contribution is -0.131. The molecule has 9 nitrogen and oxygen atoms in total. The predicted molar refractivity (Wildman–Crippen MR) is 141 cm³/mol. The average Bonchev–Trinajstić information content (AvgIpc) is 3.26. The molecule has 0 unspecified atom stereocenters. The second kappa shape index (κ2) is 12.4. The van der Waals surface area contributed by atoms with Crippen LogP contribution < -0.4 is 15.5 Å². The van der Waals surface area contributed by atoms with E-state index in [0.717, 1.165) is 44.2 Å². The van der Waals surface area contributed by atoms with E-state index in [1.165, 1.54) is 5.69 Å². The molecule has 3 heterocycles. The zero-order chi connectivity index (χ0) is 22.2. The van der Waals surface area contributed by atoms with Crippen molar-refractivity contribution >= 4 is 47.2 Å². The van der Waals surface area contributed by atoms with Gasteiger partial charge in [-0.3, -0.25) is 9.20 Å². The Labute approximate surface area is 211 Å². The van der Waals surface area contributed by atoms with Crippen LogP contribution in [0.3, 0.4) is 0 Å². The fourth-order valence-corrected chi connectivity index (χ4v) is 3.79. The number of benzene rings is 1. The Balaban J connectivity index is 0.00000306. The minimum Gasteiger partial charge on any atom is -0.368 e. The van der Waals surface area contributed by atoms with Gasteiger partial charge in [-0.1, -0.05) is 24.3 Å². The van der Waals surface area contributed by atoms with Crippen molar-refractivity contribution in [2.24, 2.45) is 4.99 Å². The molecule has 3 aromatic rings. The topological polar surface area (TPSA) is 90.2 Å². The lowest BCUT2D eigenvalue weighted by atomic mass is 10.2. The number of nitrogens with zero attached hydrogens (tertiary/aromatic N) is 6. The number of para-hydroxylation sites is 1. The Morgan fingerprint density at radius 2 is 1.76 bits per heavy atom. The number of aliphatic imine (C=N–C) groups is 1. The number of carbonyl (C=O) groups excluding carboxylic acids is 1. The SMILES string of the molecule is CCNC(=NCc1nnc2ccccn12)NCCC(=O)N1CCN(c2ccccc2)CC1.I. The van der Waals surface area contributed by atoms with Crippen LogP contribution in [0.5, 0.6) is 0 Å². The van der Waals surface area contributed by atoms with Crippen LogP contribution >= 0.6 is 24.0 Å². The third kappa shape index (κ3) is 6.56. The Bertz CT molecular complexity index is 1050. The Morgan fingerprint density at radius 1 is 1.00 bits per heavy atom. The minimum atomic E-state index is 0. The van der Waals surface area contributed by atoms with E-state index in [0.29, 0.717) is 25.5 Å². The second-order valence-corrected chi connectivity index (χ2v) is 7.62. The number of hydrogen-bond acceptors (Lipinski definition) is 5. The number of nitrogens with one attached hydrogen (secondary N) is 2. The van der Waals surface area contributed by atoms with Gasteiger partial charge in [-0.25, -0.2) is 4.99 Å². The smallest absolute Gasteiger partial charge is 0.224 e. The van der Waals surface area contributed by atoms with Gasteiger partial charge in [0.25, 0.3) is 0 Å². The van der Waals surface area contributed by atoms with E-state index in [-0.39, 0.29) is 29.9 Å². The van der Waals surface area contributed by atoms with Crippen LogP contribution in [0.15, 0.2) is 59.7 Å². The highest BCUT2D eigenvalue weighted by Crippen LogP contribution is 2.15. The van der Waals surface area contributed by atoms with Crippen LogP contribution in [0, 0.1) is 0 Å². The van der Waals surface area contributed by atoms with Crippen molar-refractivity contribution in [3.8, 4) is 0 Å². The van der Waals surface area contributed by atoms with Gasteiger partial charge < -0.3 is 20.4 Å². The molecule has 33 heavy (non-hydrogen) atoms. The summed E-state index contributed by atoms with van der Waals surface area (Å²) in [6.45, 7) is 6.91. The molecule has 0 aliphatic carbocycles. The maximum atomic E-state index is 12.7. The molecule has 4 rings (SSSR count). The van der Waals surface area contributed by atoms with Crippen LogP contribution in [-0.2, 0) is 11.3 Å². The summed E-state index contributed by atoms with van der Waals surface area (Å²) in [5.41, 5.74) is 2.02. The van der Waals surface area contributed by atoms with Crippen LogP contribution in [0.1, 0.15) is 19.2 Å². The molecule has 1 saturated heterocycles. The highest BCUT2D eigenvalue weighted by Gasteiger charge is 2.20. The molecule has 2 aromatic heterocycles. The highest BCUT2D eigenvalue weighted by molar-refractivity contribution is 14.0. The third-order valence-corrected chi connectivity index (χ3v) is 5.49. The van der Waals surface area contributed by atoms with Gasteiger partial charge >= 0.3 is 0 Å². The number of fused-ring (bicyclic) bond motifs is 1. The number of rotatable bonds is 7. The van der Waals surface area contributed by atoms with Crippen molar-refractivity contribution < 1.29 is 4.79 Å². The average molecular weight is 562 g/mol. The summed E-state index contributed by atoms with van der Waals surface area (Å²) < 4.78 is 1.92. The van der Waals surface area contributed by atoms with Crippen LogP contribution in [-0.4, -0.2) is 70.6 Å². The van der Waals surface area contributed by atoms with E-state index in [1.807, 2.05) is 58.8 Å². The molecule has 1 fully saturated rings. The van der Waals surface area contributed by atoms with Crippen molar-refractivity contribution in [3.63, 3.8) is 0 Å². The fourth-order valence-electron chi connectivity index (χ4n) is 3.79. The van der Waals surface area contributed by atoms with Gasteiger partial charge in [0.2, 0.25) is 5.91 Å². The summed E-state index contributed by atoms with van der Waals surface area (Å²) in [6.07, 6.45) is 2.36. The van der Waals surface area contributed by atoms with Gasteiger partial charge in [0.1, 0.15) is 6.54 Å². The largest absolute Gasteiger partial charge is 0.368 e. The zero-order valence-electron chi connectivity index (χ0n) is 18.9. The monoisotopic (exact) mass is 562 g/mol. The van der Waals surface area contributed by atoms with Gasteiger partial charge in [-0.2, -0.15) is 0 Å². The molecule has 0 bridgehead atoms. The molecule has 1 amide bonds. The molecular formula is C23H31IN8O.